The van der Waals surface area contributed by atoms with E-state index < -0.39 is 41.9 Å². The molecule has 1 amide bonds. The van der Waals surface area contributed by atoms with E-state index in [0.717, 1.165) is 18.2 Å². The summed E-state index contributed by atoms with van der Waals surface area (Å²) in [6.07, 6.45) is -1.09. The molecule has 2 aromatic rings. The van der Waals surface area contributed by atoms with E-state index in [9.17, 15) is 23.2 Å². The SMILES string of the molecule is C[C@H](OC(=O)CNC(=O)c1cccc(F)c1)C(=O)c1ccc(F)cc1. The molecule has 130 valence electrons. The van der Waals surface area contributed by atoms with Crippen LogP contribution in [0.3, 0.4) is 0 Å². The van der Waals surface area contributed by atoms with Crippen LogP contribution in [0.25, 0.3) is 0 Å². The lowest BCUT2D eigenvalue weighted by molar-refractivity contribution is -0.145. The van der Waals surface area contributed by atoms with Crippen molar-refractivity contribution in [3.63, 3.8) is 0 Å². The van der Waals surface area contributed by atoms with E-state index in [4.69, 9.17) is 4.74 Å². The number of amides is 1. The van der Waals surface area contributed by atoms with Gasteiger partial charge in [0.2, 0.25) is 5.78 Å². The highest BCUT2D eigenvalue weighted by molar-refractivity contribution is 6.00. The summed E-state index contributed by atoms with van der Waals surface area (Å²) < 4.78 is 30.8. The third kappa shape index (κ3) is 5.20. The fourth-order valence-electron chi connectivity index (χ4n) is 2.03. The average molecular weight is 347 g/mol. The lowest BCUT2D eigenvalue weighted by atomic mass is 10.1. The number of halogens is 2. The van der Waals surface area contributed by atoms with Crippen LogP contribution in [-0.2, 0) is 9.53 Å². The zero-order valence-corrected chi connectivity index (χ0v) is 13.3. The molecule has 0 aliphatic carbocycles. The number of esters is 1. The molecule has 7 heteroatoms. The fraction of sp³-hybridized carbons (Fsp3) is 0.167. The molecule has 5 nitrogen and oxygen atoms in total. The number of ether oxygens (including phenoxy) is 1. The molecule has 0 saturated carbocycles. The molecular formula is C18H15F2NO4. The van der Waals surface area contributed by atoms with Gasteiger partial charge < -0.3 is 10.1 Å². The smallest absolute Gasteiger partial charge is 0.326 e. The van der Waals surface area contributed by atoms with Gasteiger partial charge in [-0.25, -0.2) is 8.78 Å². The molecule has 25 heavy (non-hydrogen) atoms. The Morgan fingerprint density at radius 3 is 2.32 bits per heavy atom. The normalized spacial score (nSPS) is 11.5. The summed E-state index contributed by atoms with van der Waals surface area (Å²) in [7, 11) is 0. The zero-order valence-electron chi connectivity index (χ0n) is 13.3. The second-order valence-electron chi connectivity index (χ2n) is 5.20. The lowest BCUT2D eigenvalue weighted by Gasteiger charge is -2.13. The van der Waals surface area contributed by atoms with Crippen molar-refractivity contribution < 1.29 is 27.9 Å². The number of carbonyl (C=O) groups is 3. The molecule has 2 rings (SSSR count). The standard InChI is InChI=1S/C18H15F2NO4/c1-11(17(23)12-5-7-14(19)8-6-12)25-16(22)10-21-18(24)13-3-2-4-15(20)9-13/h2-9,11H,10H2,1H3,(H,21,24)/t11-/m0/s1. The Kier molecular flexibility index (Phi) is 5.94. The van der Waals surface area contributed by atoms with Gasteiger partial charge in [-0.15, -0.1) is 0 Å². The molecule has 0 aliphatic rings. The van der Waals surface area contributed by atoms with Crippen molar-refractivity contribution in [1.29, 1.82) is 0 Å². The molecular weight excluding hydrogens is 332 g/mol. The number of nitrogens with one attached hydrogen (secondary N) is 1. The van der Waals surface area contributed by atoms with Gasteiger partial charge in [-0.05, 0) is 49.4 Å². The number of Topliss-reactive ketones (excluding diaryl/α,β-unsaturated/α-hetero) is 1. The van der Waals surface area contributed by atoms with Gasteiger partial charge in [0.15, 0.2) is 6.10 Å². The van der Waals surface area contributed by atoms with Gasteiger partial charge in [-0.3, -0.25) is 14.4 Å². The first-order chi connectivity index (χ1) is 11.9. The molecule has 0 unspecified atom stereocenters. The molecule has 0 heterocycles. The fourth-order valence-corrected chi connectivity index (χ4v) is 2.03. The maximum Gasteiger partial charge on any atom is 0.326 e. The van der Waals surface area contributed by atoms with Crippen molar-refractivity contribution in [2.45, 2.75) is 13.0 Å². The summed E-state index contributed by atoms with van der Waals surface area (Å²) >= 11 is 0. The first-order valence-corrected chi connectivity index (χ1v) is 7.40. The van der Waals surface area contributed by atoms with E-state index in [0.29, 0.717) is 0 Å². The number of hydrogen-bond acceptors (Lipinski definition) is 4. The van der Waals surface area contributed by atoms with Crippen molar-refractivity contribution in [2.75, 3.05) is 6.54 Å². The Morgan fingerprint density at radius 2 is 1.68 bits per heavy atom. The molecule has 2 aromatic carbocycles. The van der Waals surface area contributed by atoms with Crippen LogP contribution in [-0.4, -0.2) is 30.3 Å². The molecule has 0 aromatic heterocycles. The van der Waals surface area contributed by atoms with Crippen LogP contribution in [0.1, 0.15) is 27.6 Å². The summed E-state index contributed by atoms with van der Waals surface area (Å²) in [5.74, 6) is -3.03. The molecule has 1 N–H and O–H groups in total. The van der Waals surface area contributed by atoms with Crippen molar-refractivity contribution in [2.24, 2.45) is 0 Å². The van der Waals surface area contributed by atoms with E-state index in [1.54, 1.807) is 0 Å². The van der Waals surface area contributed by atoms with Crippen molar-refractivity contribution in [3.8, 4) is 0 Å². The van der Waals surface area contributed by atoms with Crippen LogP contribution in [0.5, 0.6) is 0 Å². The minimum atomic E-state index is -1.09. The monoisotopic (exact) mass is 347 g/mol. The number of hydrogen-bond donors (Lipinski definition) is 1. The van der Waals surface area contributed by atoms with Crippen LogP contribution in [0.15, 0.2) is 48.5 Å². The van der Waals surface area contributed by atoms with Crippen LogP contribution in [0.2, 0.25) is 0 Å². The summed E-state index contributed by atoms with van der Waals surface area (Å²) in [5, 5.41) is 2.28. The molecule has 0 bridgehead atoms. The summed E-state index contributed by atoms with van der Waals surface area (Å²) in [4.78, 5) is 35.6. The van der Waals surface area contributed by atoms with Crippen molar-refractivity contribution >= 4 is 17.7 Å². The second-order valence-corrected chi connectivity index (χ2v) is 5.20. The third-order valence-electron chi connectivity index (χ3n) is 3.29. The maximum atomic E-state index is 13.0. The van der Waals surface area contributed by atoms with Gasteiger partial charge in [0.1, 0.15) is 18.2 Å². The Morgan fingerprint density at radius 1 is 1.00 bits per heavy atom. The van der Waals surface area contributed by atoms with E-state index in [-0.39, 0.29) is 11.1 Å². The Bertz CT molecular complexity index is 790. The summed E-state index contributed by atoms with van der Waals surface area (Å²) in [6, 6.07) is 9.80. The second kappa shape index (κ2) is 8.14. The topological polar surface area (TPSA) is 72.5 Å². The Labute approximate surface area is 142 Å². The van der Waals surface area contributed by atoms with Crippen LogP contribution in [0.4, 0.5) is 8.78 Å². The number of carbonyl (C=O) groups excluding carboxylic acids is 3. The van der Waals surface area contributed by atoms with Gasteiger partial charge in [-0.2, -0.15) is 0 Å². The predicted octanol–water partition coefficient (Wildman–Crippen LogP) is 2.51. The number of rotatable bonds is 6. The van der Waals surface area contributed by atoms with E-state index in [1.165, 1.54) is 37.3 Å². The summed E-state index contributed by atoms with van der Waals surface area (Å²) in [5.41, 5.74) is 0.258. The van der Waals surface area contributed by atoms with E-state index >= 15 is 0 Å². The van der Waals surface area contributed by atoms with Gasteiger partial charge in [-0.1, -0.05) is 6.07 Å². The first-order valence-electron chi connectivity index (χ1n) is 7.40. The molecule has 0 radical (unpaired) electrons. The average Bonchev–Trinajstić information content (AvgIpc) is 2.59. The van der Waals surface area contributed by atoms with Gasteiger partial charge >= 0.3 is 5.97 Å². The molecule has 1 atom stereocenters. The van der Waals surface area contributed by atoms with Gasteiger partial charge in [0.25, 0.3) is 5.91 Å². The van der Waals surface area contributed by atoms with Gasteiger partial charge in [0, 0.05) is 11.1 Å². The highest BCUT2D eigenvalue weighted by Gasteiger charge is 2.20. The highest BCUT2D eigenvalue weighted by atomic mass is 19.1. The molecule has 0 aliphatic heterocycles. The van der Waals surface area contributed by atoms with Gasteiger partial charge in [0.05, 0.1) is 0 Å². The maximum absolute atomic E-state index is 13.0. The predicted molar refractivity (Wildman–Crippen MR) is 85.0 cm³/mol. The van der Waals surface area contributed by atoms with Crippen molar-refractivity contribution in [1.82, 2.24) is 5.32 Å². The molecule has 0 spiro atoms. The largest absolute Gasteiger partial charge is 0.453 e. The zero-order chi connectivity index (χ0) is 18.4. The Hall–Kier alpha value is -3.09. The lowest BCUT2D eigenvalue weighted by Crippen LogP contribution is -2.34. The van der Waals surface area contributed by atoms with E-state index in [1.807, 2.05) is 0 Å². The number of benzene rings is 2. The third-order valence-corrected chi connectivity index (χ3v) is 3.29. The quantitative estimate of drug-likeness (QED) is 0.644. The highest BCUT2D eigenvalue weighted by Crippen LogP contribution is 2.08. The van der Waals surface area contributed by atoms with E-state index in [2.05, 4.69) is 5.32 Å². The molecule has 0 saturated heterocycles. The van der Waals surface area contributed by atoms with Crippen LogP contribution < -0.4 is 5.32 Å². The minimum absolute atomic E-state index is 0.0586. The minimum Gasteiger partial charge on any atom is -0.453 e. The Balaban J connectivity index is 1.86. The van der Waals surface area contributed by atoms with Crippen molar-refractivity contribution in [3.05, 3.63) is 71.3 Å². The van der Waals surface area contributed by atoms with Crippen LogP contribution >= 0.6 is 0 Å². The molecule has 0 fully saturated rings. The summed E-state index contributed by atoms with van der Waals surface area (Å²) in [6.45, 7) is 0.897. The number of ketones is 1. The first kappa shape index (κ1) is 18.3. The van der Waals surface area contributed by atoms with Crippen LogP contribution in [0, 0.1) is 11.6 Å².